The summed E-state index contributed by atoms with van der Waals surface area (Å²) in [6, 6.07) is 9.03. The molecule has 4 rings (SSSR count). The van der Waals surface area contributed by atoms with Crippen molar-refractivity contribution in [3.63, 3.8) is 0 Å². The summed E-state index contributed by atoms with van der Waals surface area (Å²) in [5.41, 5.74) is 1.76. The highest BCUT2D eigenvalue weighted by molar-refractivity contribution is 9.10. The number of hydrogen-bond acceptors (Lipinski definition) is 7. The van der Waals surface area contributed by atoms with Crippen LogP contribution in [0.25, 0.3) is 0 Å². The van der Waals surface area contributed by atoms with E-state index < -0.39 is 6.09 Å². The summed E-state index contributed by atoms with van der Waals surface area (Å²) in [5.74, 6) is 2.77. The molecular weight excluding hydrogens is 438 g/mol. The Morgan fingerprint density at radius 1 is 1.28 bits per heavy atom. The number of H-pyrrole nitrogens is 1. The minimum atomic E-state index is -0.446. The van der Waals surface area contributed by atoms with Crippen molar-refractivity contribution >= 4 is 45.3 Å². The minimum Gasteiger partial charge on any atom is -0.410 e. The second kappa shape index (κ2) is 8.08. The topological polar surface area (TPSA) is 108 Å². The maximum atomic E-state index is 11.7. The van der Waals surface area contributed by atoms with Crippen LogP contribution in [0.3, 0.4) is 0 Å². The largest absolute Gasteiger partial charge is 0.414 e. The van der Waals surface area contributed by atoms with Crippen molar-refractivity contribution in [2.24, 2.45) is 0 Å². The van der Waals surface area contributed by atoms with Crippen LogP contribution in [0.1, 0.15) is 24.5 Å². The third-order valence-corrected chi connectivity index (χ3v) is 4.83. The van der Waals surface area contributed by atoms with E-state index in [1.807, 2.05) is 12.1 Å². The summed E-state index contributed by atoms with van der Waals surface area (Å²) >= 11 is 3.46. The number of halogens is 1. The lowest BCUT2D eigenvalue weighted by Crippen LogP contribution is -2.25. The molecule has 1 aromatic carbocycles. The third kappa shape index (κ3) is 4.83. The Kier molecular flexibility index (Phi) is 5.34. The third-order valence-electron chi connectivity index (χ3n) is 4.25. The monoisotopic (exact) mass is 457 g/mol. The first-order valence-corrected chi connectivity index (χ1v) is 9.88. The molecule has 2 heterocycles. The van der Waals surface area contributed by atoms with E-state index in [1.165, 1.54) is 17.7 Å². The number of aromatic amines is 1. The molecule has 1 saturated carbocycles. The molecule has 10 heteroatoms. The van der Waals surface area contributed by atoms with Crippen LogP contribution in [0, 0.1) is 0 Å². The van der Waals surface area contributed by atoms with Crippen molar-refractivity contribution in [2.75, 3.05) is 24.7 Å². The van der Waals surface area contributed by atoms with Gasteiger partial charge in [-0.15, -0.1) is 0 Å². The lowest BCUT2D eigenvalue weighted by molar-refractivity contribution is 0.172. The highest BCUT2D eigenvalue weighted by atomic mass is 79.9. The standard InChI is InChI=1S/C19H20BrN7O2/c1-27(2)19(28)29-13-5-3-4-12(8-13)22-18-21-10-14(20)17(24-18)23-16-9-15(25-26-16)11-6-7-11/h3-5,8-11H,6-7H2,1-2H3,(H3,21,22,23,24,25,26). The summed E-state index contributed by atoms with van der Waals surface area (Å²) in [7, 11) is 3.25. The average Bonchev–Trinajstić information content (AvgIpc) is 3.44. The predicted molar refractivity (Wildman–Crippen MR) is 113 cm³/mol. The Morgan fingerprint density at radius 2 is 2.10 bits per heavy atom. The van der Waals surface area contributed by atoms with Crippen molar-refractivity contribution < 1.29 is 9.53 Å². The van der Waals surface area contributed by atoms with E-state index in [0.29, 0.717) is 29.1 Å². The summed E-state index contributed by atoms with van der Waals surface area (Å²) in [4.78, 5) is 21.9. The number of benzene rings is 1. The number of carbonyl (C=O) groups excluding carboxylic acids is 1. The molecule has 0 spiro atoms. The molecule has 0 radical (unpaired) electrons. The van der Waals surface area contributed by atoms with E-state index in [0.717, 1.165) is 16.0 Å². The van der Waals surface area contributed by atoms with Crippen molar-refractivity contribution in [3.05, 3.63) is 46.7 Å². The molecule has 3 N–H and O–H groups in total. The van der Waals surface area contributed by atoms with E-state index in [1.54, 1.807) is 38.5 Å². The Labute approximate surface area is 176 Å². The van der Waals surface area contributed by atoms with Gasteiger partial charge in [-0.25, -0.2) is 9.78 Å². The first kappa shape index (κ1) is 19.2. The minimum absolute atomic E-state index is 0.397. The lowest BCUT2D eigenvalue weighted by atomic mass is 10.3. The second-order valence-corrected chi connectivity index (χ2v) is 7.77. The number of amides is 1. The van der Waals surface area contributed by atoms with Gasteiger partial charge in [-0.2, -0.15) is 10.1 Å². The van der Waals surface area contributed by atoms with Crippen molar-refractivity contribution in [2.45, 2.75) is 18.8 Å². The van der Waals surface area contributed by atoms with Crippen LogP contribution >= 0.6 is 15.9 Å². The summed E-state index contributed by atoms with van der Waals surface area (Å²) in [5, 5.41) is 13.7. The van der Waals surface area contributed by atoms with Crippen LogP contribution in [-0.4, -0.2) is 45.3 Å². The maximum Gasteiger partial charge on any atom is 0.414 e. The van der Waals surface area contributed by atoms with Crippen LogP contribution in [0.5, 0.6) is 5.75 Å². The second-order valence-electron chi connectivity index (χ2n) is 6.91. The Balaban J connectivity index is 1.47. The Bertz CT molecular complexity index is 1030. The van der Waals surface area contributed by atoms with Crippen molar-refractivity contribution in [1.29, 1.82) is 0 Å². The van der Waals surface area contributed by atoms with E-state index in [9.17, 15) is 4.79 Å². The maximum absolute atomic E-state index is 11.7. The van der Waals surface area contributed by atoms with Gasteiger partial charge in [0.25, 0.3) is 0 Å². The summed E-state index contributed by atoms with van der Waals surface area (Å²) in [6.07, 6.45) is 3.60. The zero-order valence-corrected chi connectivity index (χ0v) is 17.5. The van der Waals surface area contributed by atoms with E-state index in [-0.39, 0.29) is 0 Å². The molecule has 1 fully saturated rings. The van der Waals surface area contributed by atoms with Gasteiger partial charge in [0.2, 0.25) is 5.95 Å². The van der Waals surface area contributed by atoms with Gasteiger partial charge in [0.05, 0.1) is 10.2 Å². The first-order valence-electron chi connectivity index (χ1n) is 9.09. The normalized spacial score (nSPS) is 13.1. The molecule has 0 atom stereocenters. The number of ether oxygens (including phenoxy) is 1. The first-order chi connectivity index (χ1) is 14.0. The molecule has 1 aliphatic rings. The van der Waals surface area contributed by atoms with Gasteiger partial charge < -0.3 is 20.3 Å². The number of rotatable bonds is 6. The van der Waals surface area contributed by atoms with Gasteiger partial charge in [-0.1, -0.05) is 6.07 Å². The van der Waals surface area contributed by atoms with Crippen molar-refractivity contribution in [1.82, 2.24) is 25.1 Å². The predicted octanol–water partition coefficient (Wildman–Crippen LogP) is 4.39. The van der Waals surface area contributed by atoms with Crippen LogP contribution in [0.15, 0.2) is 41.0 Å². The molecular formula is C19H20BrN7O2. The smallest absolute Gasteiger partial charge is 0.410 e. The molecule has 1 amide bonds. The zero-order chi connectivity index (χ0) is 20.4. The SMILES string of the molecule is CN(C)C(=O)Oc1cccc(Nc2ncc(Br)c(Nc3cc(C4CC4)n[nH]3)n2)c1. The fourth-order valence-corrected chi connectivity index (χ4v) is 2.88. The van der Waals surface area contributed by atoms with Gasteiger partial charge in [-0.05, 0) is 40.9 Å². The molecule has 1 aliphatic carbocycles. The molecule has 0 saturated heterocycles. The van der Waals surface area contributed by atoms with Gasteiger partial charge in [0.15, 0.2) is 5.82 Å². The van der Waals surface area contributed by atoms with Crippen LogP contribution in [0.2, 0.25) is 0 Å². The van der Waals surface area contributed by atoms with Crippen LogP contribution in [-0.2, 0) is 0 Å². The summed E-state index contributed by atoms with van der Waals surface area (Å²) in [6.45, 7) is 0. The lowest BCUT2D eigenvalue weighted by Gasteiger charge is -2.12. The molecule has 0 unspecified atom stereocenters. The molecule has 3 aromatic rings. The van der Waals surface area contributed by atoms with Gasteiger partial charge in [0.1, 0.15) is 11.6 Å². The number of carbonyl (C=O) groups is 1. The van der Waals surface area contributed by atoms with Crippen molar-refractivity contribution in [3.8, 4) is 5.75 Å². The van der Waals surface area contributed by atoms with E-state index in [4.69, 9.17) is 4.74 Å². The molecule has 9 nitrogen and oxygen atoms in total. The molecule has 29 heavy (non-hydrogen) atoms. The number of anilines is 4. The number of aromatic nitrogens is 4. The fourth-order valence-electron chi connectivity index (χ4n) is 2.59. The zero-order valence-electron chi connectivity index (χ0n) is 15.9. The molecule has 150 valence electrons. The Hall–Kier alpha value is -3.14. The van der Waals surface area contributed by atoms with E-state index >= 15 is 0 Å². The van der Waals surface area contributed by atoms with Crippen LogP contribution < -0.4 is 15.4 Å². The van der Waals surface area contributed by atoms with Gasteiger partial charge in [0, 0.05) is 44.0 Å². The van der Waals surface area contributed by atoms with Crippen LogP contribution in [0.4, 0.5) is 28.1 Å². The Morgan fingerprint density at radius 3 is 2.86 bits per heavy atom. The average molecular weight is 458 g/mol. The quantitative estimate of drug-likeness (QED) is 0.503. The van der Waals surface area contributed by atoms with Gasteiger partial charge in [-0.3, -0.25) is 5.10 Å². The summed E-state index contributed by atoms with van der Waals surface area (Å²) < 4.78 is 6.00. The highest BCUT2D eigenvalue weighted by Gasteiger charge is 2.26. The number of nitrogens with zero attached hydrogens (tertiary/aromatic N) is 4. The molecule has 0 bridgehead atoms. The molecule has 2 aromatic heterocycles. The molecule has 0 aliphatic heterocycles. The number of hydrogen-bond donors (Lipinski definition) is 3. The van der Waals surface area contributed by atoms with E-state index in [2.05, 4.69) is 46.7 Å². The highest BCUT2D eigenvalue weighted by Crippen LogP contribution is 2.39. The van der Waals surface area contributed by atoms with Gasteiger partial charge >= 0.3 is 6.09 Å². The fraction of sp³-hybridized carbons (Fsp3) is 0.263. The number of nitrogens with one attached hydrogen (secondary N) is 3.